The molecule has 1 amide bonds. The fourth-order valence-corrected chi connectivity index (χ4v) is 4.77. The maximum absolute atomic E-state index is 11.7. The third-order valence-electron chi connectivity index (χ3n) is 2.95. The molecule has 1 heterocycles. The number of sulfone groups is 1. The van der Waals surface area contributed by atoms with Crippen LogP contribution < -0.4 is 5.32 Å². The molecule has 1 aliphatic rings. The van der Waals surface area contributed by atoms with Crippen molar-refractivity contribution in [2.24, 2.45) is 0 Å². The Morgan fingerprint density at radius 2 is 2.05 bits per heavy atom. The molecular formula is C11H20N2O3S3. The van der Waals surface area contributed by atoms with E-state index < -0.39 is 9.84 Å². The van der Waals surface area contributed by atoms with Crippen molar-refractivity contribution in [2.75, 3.05) is 30.3 Å². The first-order valence-electron chi connectivity index (χ1n) is 6.29. The number of amides is 1. The summed E-state index contributed by atoms with van der Waals surface area (Å²) in [5.41, 5.74) is 0. The highest BCUT2D eigenvalue weighted by Crippen LogP contribution is 2.13. The monoisotopic (exact) mass is 324 g/mol. The van der Waals surface area contributed by atoms with Gasteiger partial charge in [0.1, 0.15) is 4.32 Å². The Morgan fingerprint density at radius 3 is 2.53 bits per heavy atom. The molecule has 8 heteroatoms. The van der Waals surface area contributed by atoms with E-state index in [2.05, 4.69) is 5.32 Å². The molecule has 19 heavy (non-hydrogen) atoms. The van der Waals surface area contributed by atoms with Crippen LogP contribution in [0.3, 0.4) is 0 Å². The van der Waals surface area contributed by atoms with E-state index in [9.17, 15) is 13.2 Å². The second kappa shape index (κ2) is 7.44. The number of thiocarbonyl (C=S) groups is 1. The highest BCUT2D eigenvalue weighted by molar-refractivity contribution is 8.23. The van der Waals surface area contributed by atoms with Gasteiger partial charge in [-0.3, -0.25) is 4.79 Å². The van der Waals surface area contributed by atoms with Crippen molar-refractivity contribution in [3.05, 3.63) is 0 Å². The maximum Gasteiger partial charge on any atom is 0.230 e. The van der Waals surface area contributed by atoms with E-state index in [0.29, 0.717) is 10.7 Å². The smallest absolute Gasteiger partial charge is 0.230 e. The Bertz CT molecular complexity index is 432. The van der Waals surface area contributed by atoms with Gasteiger partial charge < -0.3 is 10.2 Å². The molecule has 5 nitrogen and oxygen atoms in total. The van der Waals surface area contributed by atoms with E-state index in [0.717, 1.165) is 13.1 Å². The predicted octanol–water partition coefficient (Wildman–Crippen LogP) is 0.650. The molecule has 0 aliphatic carbocycles. The van der Waals surface area contributed by atoms with Gasteiger partial charge in [-0.1, -0.05) is 24.0 Å². The summed E-state index contributed by atoms with van der Waals surface area (Å²) in [6.45, 7) is 5.68. The zero-order valence-corrected chi connectivity index (χ0v) is 13.7. The third kappa shape index (κ3) is 5.66. The van der Waals surface area contributed by atoms with Crippen molar-refractivity contribution in [1.82, 2.24) is 10.2 Å². The number of nitrogens with one attached hydrogen (secondary N) is 1. The fraction of sp³-hybridized carbons (Fsp3) is 0.818. The lowest BCUT2D eigenvalue weighted by molar-refractivity contribution is -0.119. The van der Waals surface area contributed by atoms with Crippen molar-refractivity contribution in [2.45, 2.75) is 26.3 Å². The highest BCUT2D eigenvalue weighted by atomic mass is 32.2. The number of carbonyl (C=O) groups excluding carboxylic acids is 1. The number of nitrogens with zero attached hydrogens (tertiary/aromatic N) is 1. The summed E-state index contributed by atoms with van der Waals surface area (Å²) in [4.78, 5) is 13.7. The van der Waals surface area contributed by atoms with Gasteiger partial charge in [-0.25, -0.2) is 8.42 Å². The minimum Gasteiger partial charge on any atom is -0.358 e. The van der Waals surface area contributed by atoms with Gasteiger partial charge in [-0.2, -0.15) is 0 Å². The summed E-state index contributed by atoms with van der Waals surface area (Å²) in [6, 6.07) is -0.236. The molecule has 0 aromatic rings. The van der Waals surface area contributed by atoms with Gasteiger partial charge in [0, 0.05) is 19.1 Å². The van der Waals surface area contributed by atoms with E-state index >= 15 is 0 Å². The maximum atomic E-state index is 11.7. The van der Waals surface area contributed by atoms with Crippen molar-refractivity contribution in [1.29, 1.82) is 0 Å². The van der Waals surface area contributed by atoms with E-state index in [1.807, 2.05) is 18.7 Å². The highest BCUT2D eigenvalue weighted by Gasteiger charge is 2.28. The third-order valence-corrected chi connectivity index (χ3v) is 6.24. The lowest BCUT2D eigenvalue weighted by atomic mass is 10.3. The quantitative estimate of drug-likeness (QED) is 0.749. The molecule has 1 N–H and O–H groups in total. The van der Waals surface area contributed by atoms with Gasteiger partial charge in [0.25, 0.3) is 0 Å². The van der Waals surface area contributed by atoms with E-state index in [-0.39, 0.29) is 29.2 Å². The molecule has 0 saturated carbocycles. The van der Waals surface area contributed by atoms with Crippen LogP contribution in [0.1, 0.15) is 20.3 Å². The van der Waals surface area contributed by atoms with Crippen molar-refractivity contribution < 1.29 is 13.2 Å². The molecule has 1 aliphatic heterocycles. The van der Waals surface area contributed by atoms with Crippen LogP contribution >= 0.6 is 24.0 Å². The van der Waals surface area contributed by atoms with Crippen molar-refractivity contribution >= 4 is 44.0 Å². The number of thioether (sulfide) groups is 1. The number of carbonyl (C=O) groups is 1. The molecule has 0 bridgehead atoms. The molecule has 1 fully saturated rings. The van der Waals surface area contributed by atoms with E-state index in [4.69, 9.17) is 12.2 Å². The minimum absolute atomic E-state index is 0.0594. The second-order valence-corrected chi connectivity index (χ2v) is 8.23. The Balaban J connectivity index is 2.31. The van der Waals surface area contributed by atoms with Gasteiger partial charge in [0.2, 0.25) is 5.91 Å². The molecule has 0 aromatic carbocycles. The van der Waals surface area contributed by atoms with Crippen LogP contribution in [0.2, 0.25) is 0 Å². The van der Waals surface area contributed by atoms with Gasteiger partial charge in [0.05, 0.1) is 17.3 Å². The van der Waals surface area contributed by atoms with Crippen LogP contribution in [0, 0.1) is 0 Å². The van der Waals surface area contributed by atoms with Crippen LogP contribution in [-0.4, -0.2) is 59.9 Å². The standard InChI is InChI=1S/C11H20N2O3S3/c1-3-13(4-2)11(17)18-7-10(14)12-9-5-6-19(15,16)8-9/h9H,3-8H2,1-2H3,(H,12,14)/t9-/m1/s1. The summed E-state index contributed by atoms with van der Waals surface area (Å²) >= 11 is 6.55. The molecule has 1 saturated heterocycles. The summed E-state index contributed by atoms with van der Waals surface area (Å²) in [5.74, 6) is 0.320. The number of hydrogen-bond acceptors (Lipinski definition) is 5. The largest absolute Gasteiger partial charge is 0.358 e. The van der Waals surface area contributed by atoms with E-state index in [1.165, 1.54) is 11.8 Å². The van der Waals surface area contributed by atoms with Gasteiger partial charge in [-0.15, -0.1) is 0 Å². The molecule has 110 valence electrons. The fourth-order valence-electron chi connectivity index (χ4n) is 1.88. The van der Waals surface area contributed by atoms with E-state index in [1.54, 1.807) is 0 Å². The Morgan fingerprint density at radius 1 is 1.42 bits per heavy atom. The van der Waals surface area contributed by atoms with Crippen molar-refractivity contribution in [3.8, 4) is 0 Å². The van der Waals surface area contributed by atoms with Crippen LogP contribution in [0.25, 0.3) is 0 Å². The molecule has 0 aromatic heterocycles. The molecule has 0 spiro atoms. The van der Waals surface area contributed by atoms with Gasteiger partial charge in [0.15, 0.2) is 9.84 Å². The number of rotatable bonds is 5. The second-order valence-electron chi connectivity index (χ2n) is 4.39. The zero-order chi connectivity index (χ0) is 14.5. The first kappa shape index (κ1) is 16.7. The first-order chi connectivity index (χ1) is 8.88. The lowest BCUT2D eigenvalue weighted by Crippen LogP contribution is -2.37. The lowest BCUT2D eigenvalue weighted by Gasteiger charge is -2.20. The normalized spacial score (nSPS) is 21.1. The molecular weight excluding hydrogens is 304 g/mol. The molecule has 0 radical (unpaired) electrons. The average molecular weight is 324 g/mol. The SMILES string of the molecule is CCN(CC)C(=S)SCC(=O)N[C@@H]1CCS(=O)(=O)C1. The number of hydrogen-bond donors (Lipinski definition) is 1. The average Bonchev–Trinajstić information content (AvgIpc) is 2.67. The predicted molar refractivity (Wildman–Crippen MR) is 83.2 cm³/mol. The minimum atomic E-state index is -2.95. The van der Waals surface area contributed by atoms with Crippen LogP contribution in [0.5, 0.6) is 0 Å². The Kier molecular flexibility index (Phi) is 6.55. The Hall–Kier alpha value is -0.340. The topological polar surface area (TPSA) is 66.5 Å². The molecule has 1 atom stereocenters. The summed E-state index contributed by atoms with van der Waals surface area (Å²) in [6.07, 6.45) is 0.513. The summed E-state index contributed by atoms with van der Waals surface area (Å²) in [7, 11) is -2.95. The summed E-state index contributed by atoms with van der Waals surface area (Å²) in [5, 5.41) is 2.75. The molecule has 0 unspecified atom stereocenters. The molecule has 1 rings (SSSR count). The Labute approximate surface area is 124 Å². The first-order valence-corrected chi connectivity index (χ1v) is 9.51. The van der Waals surface area contributed by atoms with Crippen LogP contribution in [0.4, 0.5) is 0 Å². The van der Waals surface area contributed by atoms with Crippen LogP contribution in [-0.2, 0) is 14.6 Å². The van der Waals surface area contributed by atoms with Gasteiger partial charge in [-0.05, 0) is 20.3 Å². The van der Waals surface area contributed by atoms with Crippen molar-refractivity contribution in [3.63, 3.8) is 0 Å². The van der Waals surface area contributed by atoms with Gasteiger partial charge >= 0.3 is 0 Å². The van der Waals surface area contributed by atoms with Crippen LogP contribution in [0.15, 0.2) is 0 Å². The zero-order valence-electron chi connectivity index (χ0n) is 11.2. The summed E-state index contributed by atoms with van der Waals surface area (Å²) < 4.78 is 23.3.